The number of sulfonamides is 1. The Hall–Kier alpha value is -4.60. The van der Waals surface area contributed by atoms with Crippen molar-refractivity contribution in [3.8, 4) is 5.75 Å². The van der Waals surface area contributed by atoms with E-state index in [-0.39, 0.29) is 21.9 Å². The van der Waals surface area contributed by atoms with Gasteiger partial charge < -0.3 is 4.74 Å². The van der Waals surface area contributed by atoms with E-state index in [0.717, 1.165) is 4.31 Å². The van der Waals surface area contributed by atoms with Gasteiger partial charge in [-0.1, -0.05) is 35.9 Å². The van der Waals surface area contributed by atoms with Crippen LogP contribution in [0.2, 0.25) is 5.02 Å². The normalized spacial score (nSPS) is 11.2. The van der Waals surface area contributed by atoms with Crippen LogP contribution in [-0.2, 0) is 10.0 Å². The van der Waals surface area contributed by atoms with Crippen LogP contribution in [0.25, 0.3) is 10.8 Å². The topological polar surface area (TPSA) is 107 Å². The van der Waals surface area contributed by atoms with Crippen LogP contribution in [0.5, 0.6) is 5.75 Å². The number of rotatable bonds is 6. The number of pyridine rings is 2. The van der Waals surface area contributed by atoms with E-state index in [1.54, 1.807) is 24.3 Å². The number of halogens is 1. The fourth-order valence-electron chi connectivity index (χ4n) is 3.84. The number of aromatic nitrogens is 2. The number of carbonyl (C=O) groups excluding carboxylic acids is 2. The largest absolute Gasteiger partial charge is 0.422 e. The van der Waals surface area contributed by atoms with E-state index in [1.165, 1.54) is 85.5 Å². The van der Waals surface area contributed by atoms with Crippen LogP contribution in [0.1, 0.15) is 20.7 Å². The van der Waals surface area contributed by atoms with Gasteiger partial charge >= 0.3 is 5.97 Å². The molecule has 0 saturated heterocycles. The van der Waals surface area contributed by atoms with Gasteiger partial charge in [0.2, 0.25) is 0 Å². The zero-order valence-corrected chi connectivity index (χ0v) is 21.1. The van der Waals surface area contributed by atoms with Crippen molar-refractivity contribution >= 4 is 50.0 Å². The van der Waals surface area contributed by atoms with Crippen molar-refractivity contribution in [2.45, 2.75) is 4.90 Å². The summed E-state index contributed by atoms with van der Waals surface area (Å²) >= 11 is 5.97. The number of anilines is 1. The standard InChI is InChI=1S/C28H18ClN3O5S/c29-21-5-7-22(8-6-21)38(35,36)32(27(33)19-11-15-30-16-12-19)25-9-10-26(24-4-2-1-3-23(24)25)37-28(34)20-13-17-31-18-14-20/h1-18H. The molecule has 0 fully saturated rings. The van der Waals surface area contributed by atoms with Gasteiger partial charge in [0.25, 0.3) is 15.9 Å². The molecule has 0 radical (unpaired) electrons. The summed E-state index contributed by atoms with van der Waals surface area (Å²) in [7, 11) is -4.40. The highest BCUT2D eigenvalue weighted by Crippen LogP contribution is 2.37. The second kappa shape index (κ2) is 10.4. The Bertz CT molecular complexity index is 1750. The second-order valence-electron chi connectivity index (χ2n) is 8.02. The van der Waals surface area contributed by atoms with Gasteiger partial charge in [0.05, 0.1) is 16.1 Å². The van der Waals surface area contributed by atoms with Crippen molar-refractivity contribution in [2.24, 2.45) is 0 Å². The van der Waals surface area contributed by atoms with Gasteiger partial charge in [0, 0.05) is 46.1 Å². The minimum atomic E-state index is -4.40. The summed E-state index contributed by atoms with van der Waals surface area (Å²) in [4.78, 5) is 34.1. The van der Waals surface area contributed by atoms with Crippen LogP contribution in [-0.4, -0.2) is 30.3 Å². The van der Waals surface area contributed by atoms with Crippen LogP contribution < -0.4 is 9.04 Å². The Balaban J connectivity index is 1.67. The highest BCUT2D eigenvalue weighted by atomic mass is 35.5. The molecule has 10 heteroatoms. The van der Waals surface area contributed by atoms with Crippen molar-refractivity contribution < 1.29 is 22.7 Å². The van der Waals surface area contributed by atoms with E-state index in [9.17, 15) is 18.0 Å². The van der Waals surface area contributed by atoms with Crippen molar-refractivity contribution in [1.82, 2.24) is 9.97 Å². The smallest absolute Gasteiger partial charge is 0.343 e. The average Bonchev–Trinajstić information content (AvgIpc) is 2.95. The molecule has 1 amide bonds. The molecule has 0 unspecified atom stereocenters. The Labute approximate surface area is 223 Å². The van der Waals surface area contributed by atoms with Gasteiger partial charge in [-0.05, 0) is 60.7 Å². The fourth-order valence-corrected chi connectivity index (χ4v) is 5.40. The van der Waals surface area contributed by atoms with Gasteiger partial charge in [-0.3, -0.25) is 14.8 Å². The summed E-state index contributed by atoms with van der Waals surface area (Å²) in [6.07, 6.45) is 5.75. The molecule has 0 saturated carbocycles. The van der Waals surface area contributed by atoms with Gasteiger partial charge in [0.1, 0.15) is 5.75 Å². The molecule has 2 heterocycles. The molecular weight excluding hydrogens is 526 g/mol. The van der Waals surface area contributed by atoms with E-state index in [0.29, 0.717) is 21.4 Å². The first kappa shape index (κ1) is 25.1. The molecule has 5 aromatic rings. The predicted molar refractivity (Wildman–Crippen MR) is 143 cm³/mol. The molecule has 2 aromatic heterocycles. The summed E-state index contributed by atoms with van der Waals surface area (Å²) in [5.41, 5.74) is 0.504. The van der Waals surface area contributed by atoms with Crippen LogP contribution >= 0.6 is 11.6 Å². The van der Waals surface area contributed by atoms with Crippen LogP contribution in [0.15, 0.2) is 115 Å². The molecule has 0 aliphatic rings. The number of benzene rings is 3. The maximum Gasteiger partial charge on any atom is 0.343 e. The van der Waals surface area contributed by atoms with Gasteiger partial charge in [0.15, 0.2) is 0 Å². The Morgan fingerprint density at radius 2 is 1.29 bits per heavy atom. The van der Waals surface area contributed by atoms with E-state index in [1.807, 2.05) is 0 Å². The first-order valence-corrected chi connectivity index (χ1v) is 13.1. The molecule has 0 aliphatic carbocycles. The van der Waals surface area contributed by atoms with E-state index in [2.05, 4.69) is 9.97 Å². The third-order valence-corrected chi connectivity index (χ3v) is 7.63. The average molecular weight is 544 g/mol. The minimum Gasteiger partial charge on any atom is -0.422 e. The number of fused-ring (bicyclic) bond motifs is 1. The van der Waals surface area contributed by atoms with Crippen LogP contribution in [0.3, 0.4) is 0 Å². The molecule has 188 valence electrons. The summed E-state index contributed by atoms with van der Waals surface area (Å²) in [5.74, 6) is -1.19. The first-order chi connectivity index (χ1) is 18.4. The molecule has 0 atom stereocenters. The van der Waals surface area contributed by atoms with Crippen molar-refractivity contribution in [3.63, 3.8) is 0 Å². The maximum atomic E-state index is 13.9. The van der Waals surface area contributed by atoms with Crippen LogP contribution in [0.4, 0.5) is 5.69 Å². The molecule has 5 rings (SSSR count). The molecule has 0 spiro atoms. The van der Waals surface area contributed by atoms with E-state index >= 15 is 0 Å². The van der Waals surface area contributed by atoms with E-state index < -0.39 is 21.9 Å². The molecule has 3 aromatic carbocycles. The first-order valence-electron chi connectivity index (χ1n) is 11.3. The Morgan fingerprint density at radius 3 is 1.92 bits per heavy atom. The molecule has 0 aliphatic heterocycles. The number of carbonyl (C=O) groups is 2. The fraction of sp³-hybridized carbons (Fsp3) is 0. The zero-order chi connectivity index (χ0) is 26.7. The predicted octanol–water partition coefficient (Wildman–Crippen LogP) is 5.54. The SMILES string of the molecule is O=C(Oc1ccc(N(C(=O)c2ccncc2)S(=O)(=O)c2ccc(Cl)cc2)c2ccccc12)c1ccncc1. The summed E-state index contributed by atoms with van der Waals surface area (Å²) < 4.78 is 34.2. The van der Waals surface area contributed by atoms with Crippen molar-refractivity contribution in [1.29, 1.82) is 0 Å². The van der Waals surface area contributed by atoms with Gasteiger partial charge in [-0.25, -0.2) is 13.2 Å². The third-order valence-electron chi connectivity index (χ3n) is 5.66. The lowest BCUT2D eigenvalue weighted by atomic mass is 10.1. The highest BCUT2D eigenvalue weighted by Gasteiger charge is 2.33. The monoisotopic (exact) mass is 543 g/mol. The zero-order valence-electron chi connectivity index (χ0n) is 19.6. The summed E-state index contributed by atoms with van der Waals surface area (Å²) in [6, 6.07) is 21.1. The highest BCUT2D eigenvalue weighted by molar-refractivity contribution is 7.93. The Morgan fingerprint density at radius 1 is 0.711 bits per heavy atom. The molecular formula is C28H18ClN3O5S. The van der Waals surface area contributed by atoms with Gasteiger partial charge in [-0.15, -0.1) is 0 Å². The molecule has 0 N–H and O–H groups in total. The lowest BCUT2D eigenvalue weighted by Crippen LogP contribution is -2.37. The minimum absolute atomic E-state index is 0.0843. The lowest BCUT2D eigenvalue weighted by molar-refractivity contribution is 0.0736. The molecule has 0 bridgehead atoms. The third kappa shape index (κ3) is 4.84. The van der Waals surface area contributed by atoms with Gasteiger partial charge in [-0.2, -0.15) is 4.31 Å². The van der Waals surface area contributed by atoms with E-state index in [4.69, 9.17) is 16.3 Å². The molecule has 38 heavy (non-hydrogen) atoms. The second-order valence-corrected chi connectivity index (χ2v) is 10.2. The Kier molecular flexibility index (Phi) is 6.87. The van der Waals surface area contributed by atoms with Crippen molar-refractivity contribution in [3.05, 3.63) is 126 Å². The molecule has 8 nitrogen and oxygen atoms in total. The number of amides is 1. The number of ether oxygens (including phenoxy) is 1. The quantitative estimate of drug-likeness (QED) is 0.204. The summed E-state index contributed by atoms with van der Waals surface area (Å²) in [6.45, 7) is 0. The lowest BCUT2D eigenvalue weighted by Gasteiger charge is -2.25. The number of hydrogen-bond donors (Lipinski definition) is 0. The summed E-state index contributed by atoms with van der Waals surface area (Å²) in [5, 5.41) is 1.17. The van der Waals surface area contributed by atoms with Crippen molar-refractivity contribution in [2.75, 3.05) is 4.31 Å². The maximum absolute atomic E-state index is 13.9. The van der Waals surface area contributed by atoms with Crippen LogP contribution in [0, 0.1) is 0 Å². The number of hydrogen-bond acceptors (Lipinski definition) is 7. The number of nitrogens with zero attached hydrogens (tertiary/aromatic N) is 3. The number of esters is 1.